The van der Waals surface area contributed by atoms with Crippen LogP contribution in [0.4, 0.5) is 32.0 Å². The van der Waals surface area contributed by atoms with Crippen LogP contribution < -0.4 is 4.90 Å². The largest absolute Gasteiger partial charge is 0.507 e. The van der Waals surface area contributed by atoms with Crippen LogP contribution in [-0.2, 0) is 36.9 Å². The van der Waals surface area contributed by atoms with E-state index in [0.29, 0.717) is 50.1 Å². The van der Waals surface area contributed by atoms with Crippen molar-refractivity contribution >= 4 is 45.4 Å². The zero-order valence-corrected chi connectivity index (χ0v) is 30.2. The Kier molecular flexibility index (Phi) is 8.43. The highest BCUT2D eigenvalue weighted by Crippen LogP contribution is 2.64. The van der Waals surface area contributed by atoms with Crippen molar-refractivity contribution in [2.75, 3.05) is 4.90 Å². The molecule has 1 N–H and O–H groups in total. The summed E-state index contributed by atoms with van der Waals surface area (Å²) in [6.45, 7) is 0. The summed E-state index contributed by atoms with van der Waals surface area (Å²) in [5, 5.41) is 12.0. The molecular weight excluding hydrogens is 760 g/mol. The second kappa shape index (κ2) is 13.1. The first kappa shape index (κ1) is 37.3. The van der Waals surface area contributed by atoms with E-state index in [2.05, 4.69) is 0 Å². The number of rotatable bonds is 4. The Labute approximate surface area is 327 Å². The Hall–Kier alpha value is -6.30. The number of nitrogens with zero attached hydrogens (tertiary/aromatic N) is 1. The van der Waals surface area contributed by atoms with Crippen molar-refractivity contribution < 1.29 is 50.6 Å². The monoisotopic (exact) mass is 791 g/mol. The molecule has 2 fully saturated rings. The van der Waals surface area contributed by atoms with Gasteiger partial charge in [-0.3, -0.25) is 19.2 Å². The van der Waals surface area contributed by atoms with Gasteiger partial charge in [-0.05, 0) is 71.2 Å². The Morgan fingerprint density at radius 2 is 1.28 bits per heavy atom. The third-order valence-corrected chi connectivity index (χ3v) is 12.5. The van der Waals surface area contributed by atoms with Gasteiger partial charge >= 0.3 is 12.4 Å². The van der Waals surface area contributed by atoms with Crippen LogP contribution in [-0.4, -0.2) is 28.5 Å². The van der Waals surface area contributed by atoms with Crippen molar-refractivity contribution in [2.45, 2.75) is 36.5 Å². The van der Waals surface area contributed by atoms with Gasteiger partial charge in [0.2, 0.25) is 11.8 Å². The number of phenolic OH excluding ortho intramolecular Hbond substituents is 1. The van der Waals surface area contributed by atoms with Gasteiger partial charge in [0.15, 0.2) is 11.6 Å². The van der Waals surface area contributed by atoms with E-state index in [0.717, 1.165) is 0 Å². The van der Waals surface area contributed by atoms with Crippen LogP contribution >= 0.6 is 0 Å². The highest BCUT2D eigenvalue weighted by molar-refractivity contribution is 6.32. The molecule has 1 heterocycles. The van der Waals surface area contributed by atoms with Gasteiger partial charge in [-0.2, -0.15) is 26.3 Å². The van der Waals surface area contributed by atoms with E-state index in [1.807, 2.05) is 0 Å². The minimum Gasteiger partial charge on any atom is -0.507 e. The summed E-state index contributed by atoms with van der Waals surface area (Å²) < 4.78 is 83.9. The second-order valence-corrected chi connectivity index (χ2v) is 15.3. The number of aromatic hydroxyl groups is 1. The van der Waals surface area contributed by atoms with Crippen molar-refractivity contribution in [3.8, 4) is 5.75 Å². The van der Waals surface area contributed by atoms with Crippen LogP contribution in [0.5, 0.6) is 5.75 Å². The predicted molar refractivity (Wildman–Crippen MR) is 201 cm³/mol. The summed E-state index contributed by atoms with van der Waals surface area (Å²) in [6.07, 6.45) is -7.60. The minimum atomic E-state index is -5.23. The van der Waals surface area contributed by atoms with Crippen molar-refractivity contribution in [3.05, 3.63) is 161 Å². The van der Waals surface area contributed by atoms with Crippen molar-refractivity contribution in [1.82, 2.24) is 0 Å². The molecule has 6 nitrogen and oxygen atoms in total. The number of benzene rings is 5. The van der Waals surface area contributed by atoms with Crippen LogP contribution in [0.1, 0.15) is 46.6 Å². The zero-order chi connectivity index (χ0) is 40.9. The maximum atomic E-state index is 15.3. The number of alkyl halides is 6. The van der Waals surface area contributed by atoms with Crippen LogP contribution in [0.2, 0.25) is 0 Å². The Balaban J connectivity index is 1.28. The van der Waals surface area contributed by atoms with Crippen LogP contribution in [0.3, 0.4) is 0 Å². The molecule has 1 saturated heterocycles. The molecule has 0 bridgehead atoms. The average Bonchev–Trinajstić information content (AvgIpc) is 3.47. The lowest BCUT2D eigenvalue weighted by atomic mass is 9.44. The summed E-state index contributed by atoms with van der Waals surface area (Å²) >= 11 is 0. The number of carbonyl (C=O) groups excluding carboxylic acids is 4. The lowest BCUT2D eigenvalue weighted by Crippen LogP contribution is -2.58. The third-order valence-electron chi connectivity index (χ3n) is 12.5. The standard InChI is InChI=1S/C46H31F6NO5/c47-45(48,49)26-19-27(46(50,51)52)21-28(20-26)53-42(57)33-16-15-32-35(39(33)43(53)58)22-36-41(56)34(24-9-3-1-4-10-24)23-38(55)44(36,25-11-5-2-6-12-25)40(32)31-17-18-37(54)30-14-8-7-13-29(30)31/h1-15,17-21,23,33,35-36,39-40,54H,16,22H2/t33-,35+,36-,39-,40-,44-/m0/s1. The van der Waals surface area contributed by atoms with Gasteiger partial charge < -0.3 is 5.11 Å². The summed E-state index contributed by atoms with van der Waals surface area (Å²) in [6, 6.07) is 28.2. The summed E-state index contributed by atoms with van der Waals surface area (Å²) in [5.74, 6) is -8.31. The quantitative estimate of drug-likeness (QED) is 0.111. The number of imide groups is 1. The SMILES string of the molecule is O=C1C(c2ccccc2)=CC(=O)[C@@]2(c3ccccc3)[C@@H](c3ccc(O)c4ccccc34)C3=CC[C@@H]4C(=O)N(c5cc(C(F)(F)F)cc(C(F)(F)F)c5)C(=O)[C@@H]4[C@@H]3C[C@@H]12. The smallest absolute Gasteiger partial charge is 0.416 e. The minimum absolute atomic E-state index is 0.0430. The third kappa shape index (κ3) is 5.48. The van der Waals surface area contributed by atoms with Gasteiger partial charge in [0.05, 0.1) is 34.1 Å². The molecule has 0 spiro atoms. The van der Waals surface area contributed by atoms with Crippen LogP contribution in [0.25, 0.3) is 16.3 Å². The van der Waals surface area contributed by atoms with Crippen LogP contribution in [0, 0.1) is 23.7 Å². The summed E-state index contributed by atoms with van der Waals surface area (Å²) in [4.78, 5) is 59.8. The number of amides is 2. The topological polar surface area (TPSA) is 91.8 Å². The van der Waals surface area contributed by atoms with Crippen molar-refractivity contribution in [3.63, 3.8) is 0 Å². The predicted octanol–water partition coefficient (Wildman–Crippen LogP) is 9.61. The number of halogens is 6. The molecule has 0 radical (unpaired) electrons. The lowest BCUT2D eigenvalue weighted by molar-refractivity contribution is -0.143. The maximum Gasteiger partial charge on any atom is 0.416 e. The zero-order valence-electron chi connectivity index (χ0n) is 30.2. The first-order valence-electron chi connectivity index (χ1n) is 18.6. The van der Waals surface area contributed by atoms with Gasteiger partial charge in [0, 0.05) is 22.8 Å². The molecular formula is C46H31F6NO5. The number of anilines is 1. The molecule has 5 aromatic carbocycles. The fourth-order valence-corrected chi connectivity index (χ4v) is 10.1. The normalized spacial score (nSPS) is 25.9. The fraction of sp³-hybridized carbons (Fsp3) is 0.217. The molecule has 292 valence electrons. The summed E-state index contributed by atoms with van der Waals surface area (Å²) in [7, 11) is 0. The van der Waals surface area contributed by atoms with Crippen LogP contribution in [0.15, 0.2) is 133 Å². The van der Waals surface area contributed by atoms with Gasteiger partial charge in [-0.15, -0.1) is 0 Å². The molecule has 0 unspecified atom stereocenters. The first-order valence-corrected chi connectivity index (χ1v) is 18.6. The number of allylic oxidation sites excluding steroid dienone is 4. The van der Waals surface area contributed by atoms with E-state index in [1.165, 1.54) is 12.1 Å². The summed E-state index contributed by atoms with van der Waals surface area (Å²) in [5.41, 5.74) is -3.58. The number of fused-ring (bicyclic) bond motifs is 5. The van der Waals surface area contributed by atoms with E-state index < -0.39 is 81.8 Å². The Bertz CT molecular complexity index is 2600. The highest BCUT2D eigenvalue weighted by Gasteiger charge is 2.66. The molecule has 4 aliphatic rings. The Morgan fingerprint density at radius 1 is 0.672 bits per heavy atom. The fourth-order valence-electron chi connectivity index (χ4n) is 10.1. The number of Topliss-reactive ketones (excluding diaryl/α,β-unsaturated/α-hetero) is 1. The molecule has 0 aromatic heterocycles. The van der Waals surface area contributed by atoms with Crippen molar-refractivity contribution in [2.24, 2.45) is 23.7 Å². The number of ketones is 2. The van der Waals surface area contributed by atoms with E-state index >= 15 is 9.59 Å². The molecule has 3 aliphatic carbocycles. The lowest BCUT2D eigenvalue weighted by Gasteiger charge is -2.55. The number of phenols is 1. The molecule has 9 rings (SSSR count). The van der Waals surface area contributed by atoms with Gasteiger partial charge in [0.25, 0.3) is 0 Å². The molecule has 58 heavy (non-hydrogen) atoms. The molecule has 1 saturated carbocycles. The first-order chi connectivity index (χ1) is 27.6. The number of carbonyl (C=O) groups is 4. The second-order valence-electron chi connectivity index (χ2n) is 15.3. The van der Waals surface area contributed by atoms with E-state index in [-0.39, 0.29) is 36.0 Å². The number of hydrogen-bond acceptors (Lipinski definition) is 5. The van der Waals surface area contributed by atoms with Crippen molar-refractivity contribution in [1.29, 1.82) is 0 Å². The van der Waals surface area contributed by atoms with Gasteiger partial charge in [-0.1, -0.05) is 103 Å². The maximum absolute atomic E-state index is 15.3. The van der Waals surface area contributed by atoms with E-state index in [9.17, 15) is 41.0 Å². The Morgan fingerprint density at radius 3 is 1.91 bits per heavy atom. The molecule has 12 heteroatoms. The molecule has 5 aromatic rings. The molecule has 1 aliphatic heterocycles. The van der Waals surface area contributed by atoms with Gasteiger partial charge in [0.1, 0.15) is 5.75 Å². The average molecular weight is 792 g/mol. The molecule has 2 amide bonds. The molecule has 6 atom stereocenters. The highest BCUT2D eigenvalue weighted by atomic mass is 19.4. The van der Waals surface area contributed by atoms with E-state index in [4.69, 9.17) is 0 Å². The van der Waals surface area contributed by atoms with Gasteiger partial charge in [-0.25, -0.2) is 4.90 Å². The van der Waals surface area contributed by atoms with E-state index in [1.54, 1.807) is 97.1 Å². The number of hydrogen-bond donors (Lipinski definition) is 1.